The number of unbranched alkanes of at least 4 members (excludes halogenated alkanes) is 24. The first-order chi connectivity index (χ1) is 26.0. The maximum atomic E-state index is 12.8. The quantitative estimate of drug-likeness (QED) is 0.0272. The fraction of sp³-hybridized carbons (Fsp3) is 0.951. The highest BCUT2D eigenvalue weighted by Gasteiger charge is 2.46. The Morgan fingerprint density at radius 3 is 1.35 bits per heavy atom. The highest BCUT2D eigenvalue weighted by Crippen LogP contribution is 2.24. The zero-order valence-electron chi connectivity index (χ0n) is 33.8. The first-order valence-electron chi connectivity index (χ1n) is 21.6. The number of carbonyl (C=O) groups excluding carboxylic acids is 2. The van der Waals surface area contributed by atoms with Gasteiger partial charge in [0.1, 0.15) is 36.8 Å². The van der Waals surface area contributed by atoms with Crippen molar-refractivity contribution in [3.63, 3.8) is 0 Å². The van der Waals surface area contributed by atoms with E-state index < -0.39 is 71.2 Å². The summed E-state index contributed by atoms with van der Waals surface area (Å²) in [6, 6.07) is 0. The SMILES string of the molecule is CCCCCCCCCCCCCCCCCC(=O)O[C@H](COC(=O)CCCCCCCCCCCCC)CO[C@H]1O[C@H](CS(=O)(=O)O)[C@@H](O)C(O)C1O. The summed E-state index contributed by atoms with van der Waals surface area (Å²) >= 11 is 0. The highest BCUT2D eigenvalue weighted by atomic mass is 32.2. The molecule has 1 heterocycles. The molecule has 0 amide bonds. The fourth-order valence-electron chi connectivity index (χ4n) is 6.79. The van der Waals surface area contributed by atoms with Crippen molar-refractivity contribution in [1.82, 2.24) is 0 Å². The minimum absolute atomic E-state index is 0.172. The van der Waals surface area contributed by atoms with Gasteiger partial charge in [-0.25, -0.2) is 0 Å². The van der Waals surface area contributed by atoms with Crippen LogP contribution in [-0.4, -0.2) is 96.0 Å². The summed E-state index contributed by atoms with van der Waals surface area (Å²) < 4.78 is 53.9. The van der Waals surface area contributed by atoms with E-state index in [9.17, 15) is 37.9 Å². The molecule has 2 unspecified atom stereocenters. The third-order valence-corrected chi connectivity index (χ3v) is 10.9. The maximum Gasteiger partial charge on any atom is 0.306 e. The molecule has 0 aromatic heterocycles. The van der Waals surface area contributed by atoms with Crippen LogP contribution in [0, 0.1) is 0 Å². The van der Waals surface area contributed by atoms with Crippen molar-refractivity contribution >= 4 is 22.1 Å². The van der Waals surface area contributed by atoms with Crippen LogP contribution < -0.4 is 0 Å². The Balaban J connectivity index is 2.46. The molecule has 0 spiro atoms. The van der Waals surface area contributed by atoms with Gasteiger partial charge in [-0.2, -0.15) is 8.42 Å². The average Bonchev–Trinajstić information content (AvgIpc) is 3.13. The van der Waals surface area contributed by atoms with E-state index in [0.29, 0.717) is 12.8 Å². The van der Waals surface area contributed by atoms with Crippen molar-refractivity contribution in [1.29, 1.82) is 0 Å². The van der Waals surface area contributed by atoms with Gasteiger partial charge in [0.2, 0.25) is 0 Å². The molecular formula is C41H78O12S. The standard InChI is InChI=1S/C41H78O12S/c1-3-5-7-9-11-13-15-16-17-18-20-22-24-26-28-30-37(43)52-34(31-50-36(42)29-27-25-23-21-19-14-12-10-8-6-4-2)32-51-41-40(46)39(45)38(44)35(53-41)33-54(47,48)49/h34-35,38-41,44-46H,3-33H2,1-2H3,(H,47,48,49)/t34-,35-,38-,39?,40?,41+/m1/s1. The summed E-state index contributed by atoms with van der Waals surface area (Å²) in [6.07, 6.45) is 21.5. The molecule has 0 aromatic carbocycles. The van der Waals surface area contributed by atoms with E-state index in [1.165, 1.54) is 116 Å². The number of carbonyl (C=O) groups is 2. The second-order valence-electron chi connectivity index (χ2n) is 15.4. The van der Waals surface area contributed by atoms with Gasteiger partial charge in [0.25, 0.3) is 10.1 Å². The van der Waals surface area contributed by atoms with Gasteiger partial charge < -0.3 is 34.3 Å². The lowest BCUT2D eigenvalue weighted by molar-refractivity contribution is -0.297. The highest BCUT2D eigenvalue weighted by molar-refractivity contribution is 7.85. The summed E-state index contributed by atoms with van der Waals surface area (Å²) in [5, 5.41) is 30.8. The van der Waals surface area contributed by atoms with Crippen molar-refractivity contribution in [2.45, 2.75) is 230 Å². The molecule has 6 atom stereocenters. The molecular weight excluding hydrogens is 717 g/mol. The van der Waals surface area contributed by atoms with Crippen molar-refractivity contribution in [2.24, 2.45) is 0 Å². The predicted molar refractivity (Wildman–Crippen MR) is 211 cm³/mol. The second kappa shape index (κ2) is 32.7. The lowest BCUT2D eigenvalue weighted by Crippen LogP contribution is -2.60. The molecule has 12 nitrogen and oxygen atoms in total. The molecule has 0 bridgehead atoms. The van der Waals surface area contributed by atoms with Crippen LogP contribution in [0.15, 0.2) is 0 Å². The van der Waals surface area contributed by atoms with Crippen LogP contribution in [0.3, 0.4) is 0 Å². The summed E-state index contributed by atoms with van der Waals surface area (Å²) in [4.78, 5) is 25.3. The molecule has 0 radical (unpaired) electrons. The van der Waals surface area contributed by atoms with Crippen molar-refractivity contribution in [3.8, 4) is 0 Å². The third-order valence-electron chi connectivity index (χ3n) is 10.2. The van der Waals surface area contributed by atoms with Crippen LogP contribution in [0.4, 0.5) is 0 Å². The van der Waals surface area contributed by atoms with Crippen LogP contribution in [0.2, 0.25) is 0 Å². The Morgan fingerprint density at radius 2 is 0.944 bits per heavy atom. The van der Waals surface area contributed by atoms with Crippen molar-refractivity contribution in [2.75, 3.05) is 19.0 Å². The van der Waals surface area contributed by atoms with Crippen LogP contribution >= 0.6 is 0 Å². The lowest BCUT2D eigenvalue weighted by Gasteiger charge is -2.40. The predicted octanol–water partition coefficient (Wildman–Crippen LogP) is 8.12. The van der Waals surface area contributed by atoms with Gasteiger partial charge in [0.05, 0.1) is 6.61 Å². The van der Waals surface area contributed by atoms with E-state index in [4.69, 9.17) is 18.9 Å². The minimum atomic E-state index is -4.59. The fourth-order valence-corrected chi connectivity index (χ4v) is 7.49. The van der Waals surface area contributed by atoms with E-state index >= 15 is 0 Å². The number of hydrogen-bond donors (Lipinski definition) is 4. The average molecular weight is 795 g/mol. The second-order valence-corrected chi connectivity index (χ2v) is 16.9. The molecule has 1 aliphatic rings. The van der Waals surface area contributed by atoms with Crippen molar-refractivity contribution < 1.29 is 56.8 Å². The number of esters is 2. The van der Waals surface area contributed by atoms with Gasteiger partial charge in [-0.05, 0) is 12.8 Å². The first kappa shape index (κ1) is 50.7. The smallest absolute Gasteiger partial charge is 0.306 e. The third kappa shape index (κ3) is 27.3. The molecule has 1 rings (SSSR count). The van der Waals surface area contributed by atoms with Gasteiger partial charge in [-0.15, -0.1) is 0 Å². The topological polar surface area (TPSA) is 186 Å². The summed E-state index contributed by atoms with van der Waals surface area (Å²) in [7, 11) is -4.59. The first-order valence-corrected chi connectivity index (χ1v) is 23.2. The Bertz CT molecular complexity index is 1030. The van der Waals surface area contributed by atoms with E-state index in [1.807, 2.05) is 0 Å². The molecule has 13 heteroatoms. The summed E-state index contributed by atoms with van der Waals surface area (Å²) in [5.74, 6) is -1.97. The maximum absolute atomic E-state index is 12.8. The molecule has 0 aromatic rings. The van der Waals surface area contributed by atoms with E-state index in [2.05, 4.69) is 13.8 Å². The summed E-state index contributed by atoms with van der Waals surface area (Å²) in [6.45, 7) is 3.76. The van der Waals surface area contributed by atoms with Gasteiger partial charge in [0, 0.05) is 12.8 Å². The number of rotatable bonds is 36. The Hall–Kier alpha value is -1.35. The Labute approximate surface area is 327 Å². The lowest BCUT2D eigenvalue weighted by atomic mass is 10.00. The molecule has 0 saturated carbocycles. The van der Waals surface area contributed by atoms with Crippen LogP contribution in [0.25, 0.3) is 0 Å². The normalized spacial score (nSPS) is 20.9. The zero-order valence-corrected chi connectivity index (χ0v) is 34.7. The molecule has 1 aliphatic heterocycles. The molecule has 1 saturated heterocycles. The number of hydrogen-bond acceptors (Lipinski definition) is 11. The minimum Gasteiger partial charge on any atom is -0.462 e. The van der Waals surface area contributed by atoms with Crippen LogP contribution in [0.1, 0.15) is 194 Å². The molecule has 1 fully saturated rings. The number of aliphatic hydroxyl groups excluding tert-OH is 3. The Kier molecular flexibility index (Phi) is 30.7. The summed E-state index contributed by atoms with van der Waals surface area (Å²) in [5.41, 5.74) is 0. The largest absolute Gasteiger partial charge is 0.462 e. The molecule has 4 N–H and O–H groups in total. The van der Waals surface area contributed by atoms with Gasteiger partial charge in [-0.1, -0.05) is 168 Å². The van der Waals surface area contributed by atoms with E-state index in [1.54, 1.807) is 0 Å². The van der Waals surface area contributed by atoms with Crippen molar-refractivity contribution in [3.05, 3.63) is 0 Å². The van der Waals surface area contributed by atoms with E-state index in [0.717, 1.165) is 38.5 Å². The number of ether oxygens (including phenoxy) is 4. The molecule has 0 aliphatic carbocycles. The monoisotopic (exact) mass is 795 g/mol. The molecule has 54 heavy (non-hydrogen) atoms. The molecule has 320 valence electrons. The number of aliphatic hydroxyl groups is 3. The van der Waals surface area contributed by atoms with Gasteiger partial charge in [-0.3, -0.25) is 14.1 Å². The van der Waals surface area contributed by atoms with Gasteiger partial charge >= 0.3 is 11.9 Å². The van der Waals surface area contributed by atoms with Crippen LogP contribution in [-0.2, 0) is 38.7 Å². The van der Waals surface area contributed by atoms with Crippen LogP contribution in [0.5, 0.6) is 0 Å². The van der Waals surface area contributed by atoms with Gasteiger partial charge in [0.15, 0.2) is 12.4 Å². The van der Waals surface area contributed by atoms with E-state index in [-0.39, 0.29) is 19.4 Å². The Morgan fingerprint density at radius 1 is 0.556 bits per heavy atom. The zero-order chi connectivity index (χ0) is 39.9.